The Bertz CT molecular complexity index is 2190. The average Bonchev–Trinajstić information content (AvgIpc) is 4.06. The number of anilines is 1. The Labute approximate surface area is 312 Å². The molecule has 0 radical (unpaired) electrons. The highest BCUT2D eigenvalue weighted by Gasteiger charge is 2.39. The number of rotatable bonds is 15. The maximum Gasteiger partial charge on any atom is 0.335 e. The highest BCUT2D eigenvalue weighted by Crippen LogP contribution is 2.46. The lowest BCUT2D eigenvalue weighted by atomic mass is 9.99. The Morgan fingerprint density at radius 3 is 1.94 bits per heavy atom. The Kier molecular flexibility index (Phi) is 11.3. The smallest absolute Gasteiger partial charge is 0.335 e. The van der Waals surface area contributed by atoms with Crippen molar-refractivity contribution in [3.8, 4) is 5.75 Å². The zero-order chi connectivity index (χ0) is 39.1. The monoisotopic (exact) mass is 794 g/mol. The normalized spacial score (nSPS) is 14.4. The van der Waals surface area contributed by atoms with Gasteiger partial charge in [-0.2, -0.15) is 4.31 Å². The molecule has 0 atom stereocenters. The molecule has 0 spiro atoms. The Balaban J connectivity index is 1.49. The number of nitrogens with zero attached hydrogens (tertiary/aromatic N) is 2. The fraction of sp³-hybridized carbons (Fsp3) is 0.316. The summed E-state index contributed by atoms with van der Waals surface area (Å²) in [5.41, 5.74) is 2.38. The van der Waals surface area contributed by atoms with Crippen molar-refractivity contribution in [2.75, 3.05) is 18.1 Å². The summed E-state index contributed by atoms with van der Waals surface area (Å²) >= 11 is 6.17. The molecule has 1 N–H and O–H groups in total. The SMILES string of the molecule is CCCOc1cc(C(=O)O)ccc1N(Cc1cc(C2CC2)cc(C2CC2)c1)C(=O)CN(Cc1ccc(F)cc1Cl)S(=O)(=O)c1c(F)c(F)c(F)c(F)c1F. The minimum absolute atomic E-state index is 0.0108. The molecule has 2 aliphatic carbocycles. The molecular weight excluding hydrogens is 762 g/mol. The van der Waals surface area contributed by atoms with Crippen molar-refractivity contribution < 1.29 is 54.2 Å². The predicted octanol–water partition coefficient (Wildman–Crippen LogP) is 8.84. The highest BCUT2D eigenvalue weighted by atomic mass is 35.5. The van der Waals surface area contributed by atoms with Gasteiger partial charge in [-0.25, -0.2) is 39.6 Å². The largest absolute Gasteiger partial charge is 0.491 e. The molecule has 6 rings (SSSR count). The number of carboxylic acids is 1. The quantitative estimate of drug-likeness (QED) is 0.0733. The van der Waals surface area contributed by atoms with E-state index in [9.17, 15) is 40.7 Å². The number of carbonyl (C=O) groups excluding carboxylic acids is 1. The molecule has 16 heteroatoms. The van der Waals surface area contributed by atoms with Crippen LogP contribution in [0, 0.1) is 34.9 Å². The second-order valence-corrected chi connectivity index (χ2v) is 15.6. The van der Waals surface area contributed by atoms with Gasteiger partial charge in [-0.1, -0.05) is 42.8 Å². The summed E-state index contributed by atoms with van der Waals surface area (Å²) in [6, 6.07) is 12.3. The third-order valence-electron chi connectivity index (χ3n) is 9.18. The Morgan fingerprint density at radius 2 is 1.41 bits per heavy atom. The van der Waals surface area contributed by atoms with Crippen LogP contribution in [0.15, 0.2) is 59.5 Å². The van der Waals surface area contributed by atoms with Crippen molar-refractivity contribution in [3.63, 3.8) is 0 Å². The van der Waals surface area contributed by atoms with Gasteiger partial charge in [0, 0.05) is 11.6 Å². The number of hydrogen-bond acceptors (Lipinski definition) is 5. The van der Waals surface area contributed by atoms with Crippen LogP contribution < -0.4 is 9.64 Å². The van der Waals surface area contributed by atoms with Crippen molar-refractivity contribution in [1.82, 2.24) is 4.31 Å². The molecule has 2 fully saturated rings. The van der Waals surface area contributed by atoms with Crippen molar-refractivity contribution in [2.24, 2.45) is 0 Å². The second kappa shape index (κ2) is 15.6. The molecule has 2 saturated carbocycles. The fourth-order valence-electron chi connectivity index (χ4n) is 6.07. The first kappa shape index (κ1) is 39.1. The number of halogens is 7. The lowest BCUT2D eigenvalue weighted by molar-refractivity contribution is -0.119. The molecule has 4 aromatic carbocycles. The summed E-state index contributed by atoms with van der Waals surface area (Å²) < 4.78 is 121. The van der Waals surface area contributed by atoms with E-state index in [0.717, 1.165) is 59.9 Å². The van der Waals surface area contributed by atoms with Gasteiger partial charge in [-0.15, -0.1) is 0 Å². The molecule has 0 saturated heterocycles. The van der Waals surface area contributed by atoms with E-state index in [1.165, 1.54) is 18.2 Å². The number of ether oxygens (including phenoxy) is 1. The van der Waals surface area contributed by atoms with Gasteiger partial charge < -0.3 is 14.7 Å². The number of benzene rings is 4. The number of hydrogen-bond donors (Lipinski definition) is 1. The van der Waals surface area contributed by atoms with Gasteiger partial charge in [0.05, 0.1) is 30.9 Å². The van der Waals surface area contributed by atoms with Crippen LogP contribution in [-0.2, 0) is 27.9 Å². The molecule has 0 aromatic heterocycles. The van der Waals surface area contributed by atoms with E-state index in [4.69, 9.17) is 16.3 Å². The van der Waals surface area contributed by atoms with Crippen LogP contribution in [0.25, 0.3) is 0 Å². The van der Waals surface area contributed by atoms with E-state index in [1.807, 2.05) is 12.1 Å². The molecule has 1 amide bonds. The summed E-state index contributed by atoms with van der Waals surface area (Å²) in [6.45, 7) is -0.580. The van der Waals surface area contributed by atoms with Gasteiger partial charge >= 0.3 is 5.97 Å². The van der Waals surface area contributed by atoms with Crippen LogP contribution in [0.5, 0.6) is 5.75 Å². The molecule has 0 unspecified atom stereocenters. The van der Waals surface area contributed by atoms with Crippen LogP contribution in [0.2, 0.25) is 5.02 Å². The van der Waals surface area contributed by atoms with Gasteiger partial charge in [-0.05, 0) is 96.5 Å². The predicted molar refractivity (Wildman–Crippen MR) is 186 cm³/mol. The number of carboxylic acid groups (broad SMARTS) is 1. The van der Waals surface area contributed by atoms with Crippen LogP contribution >= 0.6 is 11.6 Å². The van der Waals surface area contributed by atoms with Gasteiger partial charge in [0.1, 0.15) is 11.6 Å². The van der Waals surface area contributed by atoms with Crippen molar-refractivity contribution in [3.05, 3.63) is 122 Å². The summed E-state index contributed by atoms with van der Waals surface area (Å²) in [7, 11) is -5.77. The van der Waals surface area contributed by atoms with Crippen LogP contribution in [0.4, 0.5) is 32.0 Å². The van der Waals surface area contributed by atoms with Gasteiger partial charge in [-0.3, -0.25) is 4.79 Å². The average molecular weight is 795 g/mol. The first-order chi connectivity index (χ1) is 25.6. The summed E-state index contributed by atoms with van der Waals surface area (Å²) in [4.78, 5) is 25.4. The molecule has 54 heavy (non-hydrogen) atoms. The lowest BCUT2D eigenvalue weighted by Crippen LogP contribution is -2.43. The first-order valence-electron chi connectivity index (χ1n) is 17.0. The highest BCUT2D eigenvalue weighted by molar-refractivity contribution is 7.89. The second-order valence-electron chi connectivity index (χ2n) is 13.3. The van der Waals surface area contributed by atoms with Gasteiger partial charge in [0.15, 0.2) is 28.2 Å². The number of amides is 1. The van der Waals surface area contributed by atoms with Crippen LogP contribution in [0.3, 0.4) is 0 Å². The number of sulfonamides is 1. The van der Waals surface area contributed by atoms with E-state index >= 15 is 8.78 Å². The molecule has 2 aliphatic rings. The maximum absolute atomic E-state index is 15.1. The summed E-state index contributed by atoms with van der Waals surface area (Å²) in [6.07, 6.45) is 4.36. The molecule has 0 aliphatic heterocycles. The third kappa shape index (κ3) is 8.22. The lowest BCUT2D eigenvalue weighted by Gasteiger charge is -2.29. The third-order valence-corrected chi connectivity index (χ3v) is 11.3. The van der Waals surface area contributed by atoms with Crippen LogP contribution in [-0.4, -0.2) is 42.9 Å². The van der Waals surface area contributed by atoms with E-state index in [1.54, 1.807) is 6.92 Å². The van der Waals surface area contributed by atoms with Gasteiger partial charge in [0.2, 0.25) is 21.7 Å². The topological polar surface area (TPSA) is 104 Å². The number of carbonyl (C=O) groups is 2. The van der Waals surface area contributed by atoms with Crippen molar-refractivity contribution in [1.29, 1.82) is 0 Å². The zero-order valence-corrected chi connectivity index (χ0v) is 30.2. The van der Waals surface area contributed by atoms with Gasteiger partial charge in [0.25, 0.3) is 0 Å². The molecule has 0 heterocycles. The minimum atomic E-state index is -5.77. The van der Waals surface area contributed by atoms with Crippen molar-refractivity contribution >= 4 is 39.2 Å². The van der Waals surface area contributed by atoms with E-state index in [-0.39, 0.29) is 45.0 Å². The number of aromatic carboxylic acids is 1. The summed E-state index contributed by atoms with van der Waals surface area (Å²) in [5.74, 6) is -15.6. The maximum atomic E-state index is 15.1. The molecule has 8 nitrogen and oxygen atoms in total. The summed E-state index contributed by atoms with van der Waals surface area (Å²) in [5, 5.41) is 9.34. The van der Waals surface area contributed by atoms with Crippen LogP contribution in [0.1, 0.15) is 83.5 Å². The first-order valence-corrected chi connectivity index (χ1v) is 18.8. The van der Waals surface area contributed by atoms with E-state index in [2.05, 4.69) is 6.07 Å². The molecule has 286 valence electrons. The van der Waals surface area contributed by atoms with E-state index in [0.29, 0.717) is 23.8 Å². The molecule has 4 aromatic rings. The Hall–Kier alpha value is -4.60. The molecular formula is C38H33ClF6N2O6S. The fourth-order valence-corrected chi connectivity index (χ4v) is 7.78. The Morgan fingerprint density at radius 1 is 0.815 bits per heavy atom. The van der Waals surface area contributed by atoms with E-state index < -0.39 is 74.8 Å². The standard InChI is InChI=1S/C38H33ClF6N2O6S/c1-2-11-53-30-15-23(38(49)50)8-10-29(30)47(17-20-12-25(21-3-4-21)14-26(13-20)22-5-6-22)31(48)19-46(18-24-7-9-27(40)16-28(24)39)54(51,52)37-35(44)33(42)32(41)34(43)36(37)45/h7-10,12-16,21-22H,2-6,11,17-19H2,1H3,(H,49,50). The zero-order valence-electron chi connectivity index (χ0n) is 28.7. The molecule has 0 bridgehead atoms. The minimum Gasteiger partial charge on any atom is -0.491 e. The van der Waals surface area contributed by atoms with Crippen molar-refractivity contribution in [2.45, 2.75) is 68.8 Å².